The van der Waals surface area contributed by atoms with Gasteiger partial charge in [0.2, 0.25) is 0 Å². The first-order valence-corrected chi connectivity index (χ1v) is 8.81. The Labute approximate surface area is 158 Å². The Bertz CT molecular complexity index is 952. The smallest absolute Gasteiger partial charge is 0.252 e. The number of nitrogens with zero attached hydrogens (tertiary/aromatic N) is 2. The van der Waals surface area contributed by atoms with E-state index in [4.69, 9.17) is 9.47 Å². The summed E-state index contributed by atoms with van der Waals surface area (Å²) in [6.07, 6.45) is 2.37. The molecule has 1 aromatic carbocycles. The minimum Gasteiger partial charge on any atom is -0.493 e. The minimum atomic E-state index is -0.135. The number of carbonyl (C=O) groups excluding carboxylic acids is 1. The van der Waals surface area contributed by atoms with Gasteiger partial charge in [-0.2, -0.15) is 5.10 Å². The number of amides is 1. The number of carbonyl (C=O) groups is 1. The molecule has 2 N–H and O–H groups in total. The molecule has 0 aliphatic rings. The van der Waals surface area contributed by atoms with E-state index in [-0.39, 0.29) is 11.8 Å². The highest BCUT2D eigenvalue weighted by Gasteiger charge is 2.13. The van der Waals surface area contributed by atoms with E-state index in [1.54, 1.807) is 20.4 Å². The molecule has 1 atom stereocenters. The maximum Gasteiger partial charge on any atom is 0.252 e. The van der Waals surface area contributed by atoms with Gasteiger partial charge in [0.25, 0.3) is 5.91 Å². The summed E-state index contributed by atoms with van der Waals surface area (Å²) >= 11 is 0. The number of benzene rings is 1. The standard InChI is InChI=1S/C20H24N4O3/c1-12(7-14-5-6-17(26-3)18(8-14)27-4)10-22-20(25)15-9-16-13(2)23-24-19(16)21-11-15/h5-6,8-9,11-12H,7,10H2,1-4H3,(H,22,25)(H,21,23,24)/t12-/m0/s1. The molecule has 0 saturated carbocycles. The van der Waals surface area contributed by atoms with Gasteiger partial charge >= 0.3 is 0 Å². The number of aromatic nitrogens is 3. The fourth-order valence-electron chi connectivity index (χ4n) is 2.99. The van der Waals surface area contributed by atoms with Crippen LogP contribution in [-0.2, 0) is 6.42 Å². The topological polar surface area (TPSA) is 89.1 Å². The van der Waals surface area contributed by atoms with Gasteiger partial charge in [-0.3, -0.25) is 9.89 Å². The number of rotatable bonds is 7. The second-order valence-electron chi connectivity index (χ2n) is 6.65. The van der Waals surface area contributed by atoms with Crippen LogP contribution in [0.2, 0.25) is 0 Å². The molecule has 0 radical (unpaired) electrons. The molecular weight excluding hydrogens is 344 g/mol. The predicted molar refractivity (Wildman–Crippen MR) is 103 cm³/mol. The molecule has 27 heavy (non-hydrogen) atoms. The molecular formula is C20H24N4O3. The van der Waals surface area contributed by atoms with E-state index < -0.39 is 0 Å². The van der Waals surface area contributed by atoms with E-state index >= 15 is 0 Å². The Morgan fingerprint density at radius 1 is 1.22 bits per heavy atom. The summed E-state index contributed by atoms with van der Waals surface area (Å²) in [4.78, 5) is 16.7. The van der Waals surface area contributed by atoms with Gasteiger partial charge < -0.3 is 14.8 Å². The largest absolute Gasteiger partial charge is 0.493 e. The Morgan fingerprint density at radius 2 is 2.00 bits per heavy atom. The van der Waals surface area contributed by atoms with Crippen molar-refractivity contribution in [3.63, 3.8) is 0 Å². The average molecular weight is 368 g/mol. The van der Waals surface area contributed by atoms with Crippen LogP contribution in [0.1, 0.15) is 28.5 Å². The van der Waals surface area contributed by atoms with Crippen molar-refractivity contribution in [1.29, 1.82) is 0 Å². The summed E-state index contributed by atoms with van der Waals surface area (Å²) in [6.45, 7) is 4.57. The van der Waals surface area contributed by atoms with Crippen molar-refractivity contribution >= 4 is 16.9 Å². The highest BCUT2D eigenvalue weighted by Crippen LogP contribution is 2.28. The second-order valence-corrected chi connectivity index (χ2v) is 6.65. The van der Waals surface area contributed by atoms with Crippen molar-refractivity contribution < 1.29 is 14.3 Å². The maximum absolute atomic E-state index is 12.4. The summed E-state index contributed by atoms with van der Waals surface area (Å²) in [5, 5.41) is 10.8. The van der Waals surface area contributed by atoms with Crippen LogP contribution in [0, 0.1) is 12.8 Å². The van der Waals surface area contributed by atoms with Crippen molar-refractivity contribution in [3.8, 4) is 11.5 Å². The average Bonchev–Trinajstić information content (AvgIpc) is 3.06. The van der Waals surface area contributed by atoms with Crippen molar-refractivity contribution in [1.82, 2.24) is 20.5 Å². The SMILES string of the molecule is COc1ccc(C[C@H](C)CNC(=O)c2cnc3n[nH]c(C)c3c2)cc1OC. The molecule has 0 unspecified atom stereocenters. The number of fused-ring (bicyclic) bond motifs is 1. The van der Waals surface area contributed by atoms with E-state index in [9.17, 15) is 4.79 Å². The predicted octanol–water partition coefficient (Wildman–Crippen LogP) is 2.89. The third kappa shape index (κ3) is 4.19. The third-order valence-corrected chi connectivity index (χ3v) is 4.51. The van der Waals surface area contributed by atoms with Crippen LogP contribution in [-0.4, -0.2) is 41.9 Å². The Kier molecular flexibility index (Phi) is 5.59. The van der Waals surface area contributed by atoms with Gasteiger partial charge in [0, 0.05) is 23.8 Å². The summed E-state index contributed by atoms with van der Waals surface area (Å²) in [7, 11) is 3.24. The molecule has 0 fully saturated rings. The summed E-state index contributed by atoms with van der Waals surface area (Å²) < 4.78 is 10.6. The van der Waals surface area contributed by atoms with Crippen LogP contribution in [0.5, 0.6) is 11.5 Å². The lowest BCUT2D eigenvalue weighted by atomic mass is 10.0. The van der Waals surface area contributed by atoms with Gasteiger partial charge in [0.1, 0.15) is 0 Å². The first-order chi connectivity index (χ1) is 13.0. The number of methoxy groups -OCH3 is 2. The molecule has 0 bridgehead atoms. The quantitative estimate of drug-likeness (QED) is 0.669. The molecule has 0 aliphatic carbocycles. The van der Waals surface area contributed by atoms with Crippen molar-refractivity contribution in [2.45, 2.75) is 20.3 Å². The van der Waals surface area contributed by atoms with Crippen LogP contribution in [0.15, 0.2) is 30.5 Å². The van der Waals surface area contributed by atoms with Crippen LogP contribution < -0.4 is 14.8 Å². The number of aryl methyl sites for hydroxylation is 1. The molecule has 0 saturated heterocycles. The minimum absolute atomic E-state index is 0.135. The molecule has 3 rings (SSSR count). The Balaban J connectivity index is 1.60. The molecule has 2 aromatic heterocycles. The summed E-state index contributed by atoms with van der Waals surface area (Å²) in [6, 6.07) is 7.69. The van der Waals surface area contributed by atoms with Crippen LogP contribution >= 0.6 is 0 Å². The molecule has 0 spiro atoms. The normalized spacial score (nSPS) is 12.0. The van der Waals surface area contributed by atoms with Gasteiger partial charge in [-0.25, -0.2) is 4.98 Å². The number of pyridine rings is 1. The molecule has 0 aliphatic heterocycles. The molecule has 3 aromatic rings. The van der Waals surface area contributed by atoms with Gasteiger partial charge in [-0.15, -0.1) is 0 Å². The van der Waals surface area contributed by atoms with Gasteiger partial charge in [-0.1, -0.05) is 13.0 Å². The first kappa shape index (κ1) is 18.7. The number of ether oxygens (including phenoxy) is 2. The van der Waals surface area contributed by atoms with E-state index in [1.165, 1.54) is 0 Å². The van der Waals surface area contributed by atoms with Gasteiger partial charge in [0.05, 0.1) is 19.8 Å². The number of H-pyrrole nitrogens is 1. The van der Waals surface area contributed by atoms with Crippen molar-refractivity contribution in [2.75, 3.05) is 20.8 Å². The van der Waals surface area contributed by atoms with E-state index in [0.717, 1.165) is 23.1 Å². The zero-order valence-corrected chi connectivity index (χ0v) is 16.0. The van der Waals surface area contributed by atoms with Crippen molar-refractivity contribution in [3.05, 3.63) is 47.3 Å². The van der Waals surface area contributed by atoms with Crippen molar-refractivity contribution in [2.24, 2.45) is 5.92 Å². The zero-order valence-electron chi connectivity index (χ0n) is 16.0. The maximum atomic E-state index is 12.4. The summed E-state index contributed by atoms with van der Waals surface area (Å²) in [5.41, 5.74) is 3.18. The fourth-order valence-corrected chi connectivity index (χ4v) is 2.99. The highest BCUT2D eigenvalue weighted by atomic mass is 16.5. The third-order valence-electron chi connectivity index (χ3n) is 4.51. The van der Waals surface area contributed by atoms with Crippen LogP contribution in [0.3, 0.4) is 0 Å². The lowest BCUT2D eigenvalue weighted by Gasteiger charge is -2.14. The lowest BCUT2D eigenvalue weighted by Crippen LogP contribution is -2.29. The van der Waals surface area contributed by atoms with E-state index in [2.05, 4.69) is 27.4 Å². The molecule has 7 nitrogen and oxygen atoms in total. The summed E-state index contributed by atoms with van der Waals surface area (Å²) in [5.74, 6) is 1.55. The zero-order chi connectivity index (χ0) is 19.4. The van der Waals surface area contributed by atoms with E-state index in [1.807, 2.05) is 31.2 Å². The lowest BCUT2D eigenvalue weighted by molar-refractivity contribution is 0.0948. The number of aromatic amines is 1. The number of hydrogen-bond donors (Lipinski definition) is 2. The molecule has 2 heterocycles. The molecule has 1 amide bonds. The number of hydrogen-bond acceptors (Lipinski definition) is 5. The van der Waals surface area contributed by atoms with Crippen LogP contribution in [0.4, 0.5) is 0 Å². The number of nitrogens with one attached hydrogen (secondary N) is 2. The van der Waals surface area contributed by atoms with Gasteiger partial charge in [0.15, 0.2) is 17.1 Å². The molecule has 142 valence electrons. The monoisotopic (exact) mass is 368 g/mol. The van der Waals surface area contributed by atoms with Crippen LogP contribution in [0.25, 0.3) is 11.0 Å². The Morgan fingerprint density at radius 3 is 2.74 bits per heavy atom. The fraction of sp³-hybridized carbons (Fsp3) is 0.350. The first-order valence-electron chi connectivity index (χ1n) is 8.81. The van der Waals surface area contributed by atoms with Gasteiger partial charge in [-0.05, 0) is 43.0 Å². The second kappa shape index (κ2) is 8.07. The Hall–Kier alpha value is -3.09. The molecule has 7 heteroatoms. The van der Waals surface area contributed by atoms with E-state index in [0.29, 0.717) is 29.3 Å². The highest BCUT2D eigenvalue weighted by molar-refractivity contribution is 5.97.